The number of rotatable bonds is 6. The Balaban J connectivity index is 2.40. The zero-order valence-corrected chi connectivity index (χ0v) is 13.8. The van der Waals surface area contributed by atoms with Gasteiger partial charge >= 0.3 is 5.97 Å². The summed E-state index contributed by atoms with van der Waals surface area (Å²) >= 11 is 0. The van der Waals surface area contributed by atoms with Gasteiger partial charge in [0.2, 0.25) is 0 Å². The van der Waals surface area contributed by atoms with E-state index in [0.717, 1.165) is 11.6 Å². The van der Waals surface area contributed by atoms with E-state index in [1.165, 1.54) is 32.4 Å². The van der Waals surface area contributed by atoms with Gasteiger partial charge in [-0.3, -0.25) is 0 Å². The van der Waals surface area contributed by atoms with E-state index in [0.29, 0.717) is 16.9 Å². The van der Waals surface area contributed by atoms with Crippen LogP contribution in [0.1, 0.15) is 16.7 Å². The first-order valence-electron chi connectivity index (χ1n) is 7.31. The third-order valence-electron chi connectivity index (χ3n) is 3.42. The normalized spacial score (nSPS) is 11.1. The number of benzene rings is 2. The summed E-state index contributed by atoms with van der Waals surface area (Å²) in [6.45, 7) is 0. The Bertz CT molecular complexity index is 836. The summed E-state index contributed by atoms with van der Waals surface area (Å²) in [6.07, 6.45) is 5.79. The number of hydrogen-bond donors (Lipinski definition) is 3. The number of aromatic hydroxyl groups is 2. The number of phenols is 2. The molecule has 0 spiro atoms. The fraction of sp³-hybridized carbons (Fsp3) is 0.105. The zero-order chi connectivity index (χ0) is 18.4. The number of carbonyl (C=O) groups is 1. The van der Waals surface area contributed by atoms with Crippen LogP contribution in [0, 0.1) is 0 Å². The largest absolute Gasteiger partial charge is 0.504 e. The Hall–Kier alpha value is -3.41. The van der Waals surface area contributed by atoms with Crippen molar-refractivity contribution in [2.45, 2.75) is 0 Å². The highest BCUT2D eigenvalue weighted by atomic mass is 16.5. The SMILES string of the molecule is COc1cc(C=Cc2cc(C=CC(=O)O)cc(OC)c2O)ccc1O. The van der Waals surface area contributed by atoms with Gasteiger partial charge < -0.3 is 24.8 Å². The fourth-order valence-electron chi connectivity index (χ4n) is 2.18. The monoisotopic (exact) mass is 342 g/mol. The molecule has 0 aliphatic carbocycles. The van der Waals surface area contributed by atoms with E-state index in [1.807, 2.05) is 0 Å². The molecule has 2 aromatic carbocycles. The van der Waals surface area contributed by atoms with Crippen LogP contribution in [-0.4, -0.2) is 35.5 Å². The Morgan fingerprint density at radius 3 is 2.24 bits per heavy atom. The maximum Gasteiger partial charge on any atom is 0.328 e. The van der Waals surface area contributed by atoms with Crippen molar-refractivity contribution in [3.8, 4) is 23.0 Å². The van der Waals surface area contributed by atoms with Gasteiger partial charge in [0.1, 0.15) is 0 Å². The molecule has 6 heteroatoms. The fourth-order valence-corrected chi connectivity index (χ4v) is 2.18. The van der Waals surface area contributed by atoms with Gasteiger partial charge in [-0.2, -0.15) is 0 Å². The lowest BCUT2D eigenvalue weighted by Crippen LogP contribution is -1.90. The van der Waals surface area contributed by atoms with Gasteiger partial charge in [0.05, 0.1) is 14.2 Å². The van der Waals surface area contributed by atoms with Gasteiger partial charge in [-0.15, -0.1) is 0 Å². The summed E-state index contributed by atoms with van der Waals surface area (Å²) in [6, 6.07) is 8.01. The molecule has 25 heavy (non-hydrogen) atoms. The van der Waals surface area contributed by atoms with E-state index in [4.69, 9.17) is 14.6 Å². The van der Waals surface area contributed by atoms with Gasteiger partial charge in [-0.05, 0) is 41.5 Å². The lowest BCUT2D eigenvalue weighted by molar-refractivity contribution is -0.131. The zero-order valence-electron chi connectivity index (χ0n) is 13.8. The lowest BCUT2D eigenvalue weighted by Gasteiger charge is -2.08. The molecule has 0 fully saturated rings. The Morgan fingerprint density at radius 2 is 1.60 bits per heavy atom. The number of carboxylic acids is 1. The third-order valence-corrected chi connectivity index (χ3v) is 3.42. The molecule has 3 N–H and O–H groups in total. The van der Waals surface area contributed by atoms with Crippen LogP contribution in [0.5, 0.6) is 23.0 Å². The molecule has 0 saturated carbocycles. The highest BCUT2D eigenvalue weighted by Gasteiger charge is 2.08. The number of carboxylic acid groups (broad SMARTS) is 1. The van der Waals surface area contributed by atoms with E-state index in [9.17, 15) is 15.0 Å². The van der Waals surface area contributed by atoms with Gasteiger partial charge in [0, 0.05) is 11.6 Å². The van der Waals surface area contributed by atoms with Crippen molar-refractivity contribution in [3.63, 3.8) is 0 Å². The minimum atomic E-state index is -1.07. The lowest BCUT2D eigenvalue weighted by atomic mass is 10.1. The van der Waals surface area contributed by atoms with Gasteiger partial charge in [-0.1, -0.05) is 18.2 Å². The molecule has 2 rings (SSSR count). The molecular weight excluding hydrogens is 324 g/mol. The standard InChI is InChI=1S/C19H18O6/c1-24-16-10-12(4-7-15(16)20)3-6-14-9-13(5-8-18(21)22)11-17(25-2)19(14)23/h3-11,20,23H,1-2H3,(H,21,22). The highest BCUT2D eigenvalue weighted by Crippen LogP contribution is 2.34. The Labute approximate surface area is 144 Å². The molecule has 0 atom stereocenters. The molecule has 0 radical (unpaired) electrons. The maximum absolute atomic E-state index is 10.7. The maximum atomic E-state index is 10.7. The first-order valence-corrected chi connectivity index (χ1v) is 7.31. The van der Waals surface area contributed by atoms with Crippen molar-refractivity contribution < 1.29 is 29.6 Å². The van der Waals surface area contributed by atoms with Crippen LogP contribution in [0.2, 0.25) is 0 Å². The predicted octanol–water partition coefficient (Wildman–Crippen LogP) is 3.38. The van der Waals surface area contributed by atoms with Gasteiger partial charge in [0.25, 0.3) is 0 Å². The second-order valence-electron chi connectivity index (χ2n) is 5.10. The van der Waals surface area contributed by atoms with Crippen molar-refractivity contribution in [2.24, 2.45) is 0 Å². The summed E-state index contributed by atoms with van der Waals surface area (Å²) in [5.74, 6) is -0.528. The quantitative estimate of drug-likeness (QED) is 0.550. The number of methoxy groups -OCH3 is 2. The van der Waals surface area contributed by atoms with Crippen molar-refractivity contribution in [2.75, 3.05) is 14.2 Å². The second kappa shape index (κ2) is 7.92. The summed E-state index contributed by atoms with van der Waals surface area (Å²) in [7, 11) is 2.87. The van der Waals surface area contributed by atoms with E-state index < -0.39 is 5.97 Å². The van der Waals surface area contributed by atoms with Crippen molar-refractivity contribution in [1.29, 1.82) is 0 Å². The predicted molar refractivity (Wildman–Crippen MR) is 94.9 cm³/mol. The molecule has 0 heterocycles. The highest BCUT2D eigenvalue weighted by molar-refractivity contribution is 5.86. The average molecular weight is 342 g/mol. The number of aliphatic carboxylic acids is 1. The summed E-state index contributed by atoms with van der Waals surface area (Å²) in [4.78, 5) is 10.7. The van der Waals surface area contributed by atoms with Crippen molar-refractivity contribution in [3.05, 3.63) is 53.1 Å². The molecular formula is C19H18O6. The van der Waals surface area contributed by atoms with E-state index in [-0.39, 0.29) is 17.2 Å². The Kier molecular flexibility index (Phi) is 5.68. The second-order valence-corrected chi connectivity index (χ2v) is 5.10. The van der Waals surface area contributed by atoms with Crippen LogP contribution in [0.15, 0.2) is 36.4 Å². The molecule has 6 nitrogen and oxygen atoms in total. The molecule has 0 aromatic heterocycles. The van der Waals surface area contributed by atoms with Crippen molar-refractivity contribution in [1.82, 2.24) is 0 Å². The smallest absolute Gasteiger partial charge is 0.328 e. The summed E-state index contributed by atoms with van der Waals surface area (Å²) in [5.41, 5.74) is 1.77. The molecule has 0 aliphatic rings. The summed E-state index contributed by atoms with van der Waals surface area (Å²) in [5, 5.41) is 28.6. The molecule has 0 amide bonds. The van der Waals surface area contributed by atoms with Crippen molar-refractivity contribution >= 4 is 24.2 Å². The van der Waals surface area contributed by atoms with E-state index >= 15 is 0 Å². The molecule has 0 unspecified atom stereocenters. The van der Waals surface area contributed by atoms with E-state index in [2.05, 4.69) is 0 Å². The average Bonchev–Trinajstić information content (AvgIpc) is 2.60. The topological polar surface area (TPSA) is 96.2 Å². The van der Waals surface area contributed by atoms with Crippen LogP contribution >= 0.6 is 0 Å². The van der Waals surface area contributed by atoms with Crippen LogP contribution in [0.4, 0.5) is 0 Å². The van der Waals surface area contributed by atoms with E-state index in [1.54, 1.807) is 30.4 Å². The van der Waals surface area contributed by atoms with Gasteiger partial charge in [0.15, 0.2) is 23.0 Å². The number of phenolic OH excluding ortho intramolecular Hbond substituents is 2. The molecule has 130 valence electrons. The third kappa shape index (κ3) is 4.54. The number of ether oxygens (including phenoxy) is 2. The first-order chi connectivity index (χ1) is 11.9. The Morgan fingerprint density at radius 1 is 0.920 bits per heavy atom. The van der Waals surface area contributed by atoms with Crippen LogP contribution in [0.3, 0.4) is 0 Å². The van der Waals surface area contributed by atoms with Crippen LogP contribution in [-0.2, 0) is 4.79 Å². The van der Waals surface area contributed by atoms with Gasteiger partial charge in [-0.25, -0.2) is 4.79 Å². The molecule has 0 saturated heterocycles. The summed E-state index contributed by atoms with van der Waals surface area (Å²) < 4.78 is 10.2. The minimum absolute atomic E-state index is 0.0324. The first kappa shape index (κ1) is 17.9. The molecule has 2 aromatic rings. The van der Waals surface area contributed by atoms with Crippen LogP contribution in [0.25, 0.3) is 18.2 Å². The number of hydrogen-bond acceptors (Lipinski definition) is 5. The molecule has 0 aliphatic heterocycles. The van der Waals surface area contributed by atoms with Crippen LogP contribution < -0.4 is 9.47 Å². The minimum Gasteiger partial charge on any atom is -0.504 e. The molecule has 0 bridgehead atoms.